The van der Waals surface area contributed by atoms with Crippen LogP contribution >= 0.6 is 0 Å². The molecule has 2 aromatic rings. The second kappa shape index (κ2) is 8.01. The van der Waals surface area contributed by atoms with E-state index in [0.29, 0.717) is 16.9 Å². The van der Waals surface area contributed by atoms with Gasteiger partial charge in [-0.1, -0.05) is 19.9 Å². The summed E-state index contributed by atoms with van der Waals surface area (Å²) in [6.45, 7) is 2.93. The lowest BCUT2D eigenvalue weighted by atomic mass is 9.65. The second-order valence-corrected chi connectivity index (χ2v) is 10.3. The monoisotopic (exact) mass is 454 g/mol. The molecule has 3 atom stereocenters. The van der Waals surface area contributed by atoms with Crippen LogP contribution in [0.4, 0.5) is 17.6 Å². The number of nitrogens with zero attached hydrogens (tertiary/aromatic N) is 1. The Labute approximate surface area is 184 Å². The number of alkyl halides is 4. The first-order valence-corrected chi connectivity index (χ1v) is 11.1. The zero-order valence-corrected chi connectivity index (χ0v) is 18.3. The van der Waals surface area contributed by atoms with Crippen LogP contribution in [0.25, 0.3) is 11.0 Å². The predicted molar refractivity (Wildman–Crippen MR) is 113 cm³/mol. The van der Waals surface area contributed by atoms with Crippen LogP contribution in [-0.2, 0) is 4.79 Å². The number of aromatic amines is 1. The lowest BCUT2D eigenvalue weighted by Crippen LogP contribution is -2.46. The summed E-state index contributed by atoms with van der Waals surface area (Å²) in [7, 11) is 0. The highest BCUT2D eigenvalue weighted by Gasteiger charge is 2.54. The minimum Gasteiger partial charge on any atom is -0.369 e. The van der Waals surface area contributed by atoms with E-state index in [1.165, 1.54) is 13.8 Å². The number of halogens is 4. The molecule has 1 heterocycles. The fourth-order valence-corrected chi connectivity index (χ4v) is 5.07. The number of primary amides is 1. The third-order valence-electron chi connectivity index (χ3n) is 7.07. The molecule has 0 spiro atoms. The summed E-state index contributed by atoms with van der Waals surface area (Å²) in [5.41, 5.74) is 12.8. The molecule has 0 radical (unpaired) electrons. The first-order valence-electron chi connectivity index (χ1n) is 11.1. The molecule has 2 aliphatic rings. The number of amides is 1. The van der Waals surface area contributed by atoms with E-state index in [4.69, 9.17) is 11.5 Å². The minimum atomic E-state index is -2.73. The molecule has 0 bridgehead atoms. The van der Waals surface area contributed by atoms with Crippen LogP contribution in [0, 0.1) is 23.2 Å². The molecular formula is C23H30F4N4O. The van der Waals surface area contributed by atoms with Gasteiger partial charge in [-0.05, 0) is 54.7 Å². The average Bonchev–Trinajstić information content (AvgIpc) is 3.40. The van der Waals surface area contributed by atoms with Crippen molar-refractivity contribution in [2.24, 2.45) is 34.6 Å². The molecule has 1 aromatic heterocycles. The van der Waals surface area contributed by atoms with Crippen molar-refractivity contribution in [2.45, 2.75) is 70.3 Å². The number of nitrogens with one attached hydrogen (secondary N) is 1. The van der Waals surface area contributed by atoms with Crippen LogP contribution in [0.5, 0.6) is 0 Å². The Hall–Kier alpha value is -2.16. The summed E-state index contributed by atoms with van der Waals surface area (Å²) in [6.07, 6.45) is -1.21. The maximum atomic E-state index is 13.5. The molecule has 0 saturated heterocycles. The number of carbonyl (C=O) groups is 1. The van der Waals surface area contributed by atoms with Gasteiger partial charge in [0, 0.05) is 24.2 Å². The fourth-order valence-electron chi connectivity index (χ4n) is 5.07. The van der Waals surface area contributed by atoms with E-state index in [2.05, 4.69) is 9.97 Å². The van der Waals surface area contributed by atoms with Gasteiger partial charge in [0.05, 0.1) is 17.1 Å². The lowest BCUT2D eigenvalue weighted by Gasteiger charge is -2.42. The zero-order chi connectivity index (χ0) is 23.4. The maximum absolute atomic E-state index is 13.5. The quantitative estimate of drug-likeness (QED) is 0.471. The molecule has 176 valence electrons. The molecule has 4 rings (SSSR count). The molecule has 32 heavy (non-hydrogen) atoms. The highest BCUT2D eigenvalue weighted by atomic mass is 19.3. The number of aromatic nitrogens is 2. The summed E-state index contributed by atoms with van der Waals surface area (Å²) >= 11 is 0. The van der Waals surface area contributed by atoms with Crippen LogP contribution in [0.1, 0.15) is 69.3 Å². The van der Waals surface area contributed by atoms with Crippen LogP contribution in [0.15, 0.2) is 18.2 Å². The van der Waals surface area contributed by atoms with Crippen molar-refractivity contribution >= 4 is 16.9 Å². The van der Waals surface area contributed by atoms with Crippen LogP contribution < -0.4 is 11.5 Å². The molecule has 2 fully saturated rings. The summed E-state index contributed by atoms with van der Waals surface area (Å²) in [5, 5.41) is 0. The predicted octanol–water partition coefficient (Wildman–Crippen LogP) is 4.88. The number of imidazole rings is 1. The zero-order valence-electron chi connectivity index (χ0n) is 18.3. The Bertz CT molecular complexity index is 993. The largest absolute Gasteiger partial charge is 0.369 e. The van der Waals surface area contributed by atoms with Crippen molar-refractivity contribution in [3.63, 3.8) is 0 Å². The second-order valence-electron chi connectivity index (χ2n) is 10.3. The van der Waals surface area contributed by atoms with Gasteiger partial charge in [0.1, 0.15) is 5.82 Å². The topological polar surface area (TPSA) is 97.8 Å². The maximum Gasteiger partial charge on any atom is 0.248 e. The molecule has 2 aliphatic carbocycles. The van der Waals surface area contributed by atoms with Crippen LogP contribution in [0.3, 0.4) is 0 Å². The summed E-state index contributed by atoms with van der Waals surface area (Å²) < 4.78 is 53.5. The van der Waals surface area contributed by atoms with Gasteiger partial charge >= 0.3 is 0 Å². The van der Waals surface area contributed by atoms with E-state index in [1.807, 2.05) is 12.1 Å². The molecular weight excluding hydrogens is 424 g/mol. The first kappa shape index (κ1) is 23.0. The average molecular weight is 455 g/mol. The van der Waals surface area contributed by atoms with Crippen molar-refractivity contribution in [3.05, 3.63) is 29.6 Å². The minimum absolute atomic E-state index is 0.0572. The van der Waals surface area contributed by atoms with Gasteiger partial charge in [0.2, 0.25) is 18.3 Å². The summed E-state index contributed by atoms with van der Waals surface area (Å²) in [6, 6.07) is 4.83. The fraction of sp³-hybridized carbons (Fsp3) is 0.652. The number of nitrogens with two attached hydrogens (primary N) is 2. The van der Waals surface area contributed by atoms with Crippen molar-refractivity contribution in [1.82, 2.24) is 9.97 Å². The van der Waals surface area contributed by atoms with Gasteiger partial charge < -0.3 is 16.5 Å². The van der Waals surface area contributed by atoms with Crippen molar-refractivity contribution in [3.8, 4) is 0 Å². The molecule has 5 nitrogen and oxygen atoms in total. The van der Waals surface area contributed by atoms with Crippen LogP contribution in [-0.4, -0.2) is 28.2 Å². The first-order chi connectivity index (χ1) is 14.9. The Morgan fingerprint density at radius 3 is 2.44 bits per heavy atom. The number of rotatable bonds is 9. The van der Waals surface area contributed by atoms with E-state index in [0.717, 1.165) is 18.4 Å². The number of fused-ring (bicyclic) bond motifs is 1. The molecule has 0 aliphatic heterocycles. The number of carbonyl (C=O) groups excluding carboxylic acids is 1. The van der Waals surface area contributed by atoms with Gasteiger partial charge in [0.15, 0.2) is 0 Å². The molecule has 5 N–H and O–H groups in total. The SMILES string of the molecule is CC(C)(C[C@H](N)c1nc2ccc([C@H](C3CC3)C(C(N)=O)C3CC(F)(F)C3)cc2[nH]1)C(F)F. The van der Waals surface area contributed by atoms with E-state index >= 15 is 0 Å². The van der Waals surface area contributed by atoms with E-state index in [9.17, 15) is 22.4 Å². The number of hydrogen-bond donors (Lipinski definition) is 3. The van der Waals surface area contributed by atoms with Gasteiger partial charge in [-0.3, -0.25) is 4.79 Å². The van der Waals surface area contributed by atoms with Gasteiger partial charge in [-0.2, -0.15) is 0 Å². The van der Waals surface area contributed by atoms with Crippen molar-refractivity contribution < 1.29 is 22.4 Å². The van der Waals surface area contributed by atoms with Gasteiger partial charge in [0.25, 0.3) is 0 Å². The summed E-state index contributed by atoms with van der Waals surface area (Å²) in [5.74, 6) is -3.91. The smallest absolute Gasteiger partial charge is 0.248 e. The van der Waals surface area contributed by atoms with E-state index in [1.54, 1.807) is 6.07 Å². The Morgan fingerprint density at radius 1 is 1.25 bits per heavy atom. The van der Waals surface area contributed by atoms with E-state index < -0.39 is 41.5 Å². The molecule has 9 heteroatoms. The number of H-pyrrole nitrogens is 1. The molecule has 1 amide bonds. The third kappa shape index (κ3) is 4.49. The van der Waals surface area contributed by atoms with Crippen molar-refractivity contribution in [2.75, 3.05) is 0 Å². The Kier molecular flexibility index (Phi) is 5.76. The number of benzene rings is 1. The highest BCUT2D eigenvalue weighted by molar-refractivity contribution is 5.80. The third-order valence-corrected chi connectivity index (χ3v) is 7.07. The Balaban J connectivity index is 1.61. The Morgan fingerprint density at radius 2 is 1.91 bits per heavy atom. The van der Waals surface area contributed by atoms with Gasteiger partial charge in [-0.25, -0.2) is 22.5 Å². The lowest BCUT2D eigenvalue weighted by molar-refractivity contribution is -0.146. The van der Waals surface area contributed by atoms with E-state index in [-0.39, 0.29) is 31.1 Å². The van der Waals surface area contributed by atoms with Gasteiger partial charge in [-0.15, -0.1) is 0 Å². The number of hydrogen-bond acceptors (Lipinski definition) is 3. The summed E-state index contributed by atoms with van der Waals surface area (Å²) in [4.78, 5) is 19.9. The molecule has 2 saturated carbocycles. The standard InChI is InChI=1S/C23H30F4N4O/c1-22(2,21(24)25)10-14(28)20-30-15-6-5-12(7-16(15)31-20)17(11-3-4-11)18(19(29)32)13-8-23(26,27)9-13/h5-7,11,13-14,17-18,21H,3-4,8-10,28H2,1-2H3,(H2,29,32)(H,30,31)/t14-,17-,18?/m0/s1. The molecule has 1 aromatic carbocycles. The molecule has 1 unspecified atom stereocenters. The highest BCUT2D eigenvalue weighted by Crippen LogP contribution is 2.55. The van der Waals surface area contributed by atoms with Crippen molar-refractivity contribution in [1.29, 1.82) is 0 Å². The normalized spacial score (nSPS) is 22.0. The van der Waals surface area contributed by atoms with Crippen LogP contribution in [0.2, 0.25) is 0 Å².